The zero-order valence-corrected chi connectivity index (χ0v) is 11.7. The van der Waals surface area contributed by atoms with Gasteiger partial charge in [-0.05, 0) is 39.7 Å². The van der Waals surface area contributed by atoms with E-state index in [4.69, 9.17) is 11.6 Å². The molecule has 0 saturated heterocycles. The number of anilines is 1. The van der Waals surface area contributed by atoms with Crippen LogP contribution in [0.25, 0.3) is 0 Å². The van der Waals surface area contributed by atoms with Gasteiger partial charge in [-0.3, -0.25) is 0 Å². The SMILES string of the molecule is ClCc1ccccc1NCc1ccc(Br)s1. The van der Waals surface area contributed by atoms with Crippen LogP contribution in [-0.4, -0.2) is 0 Å². The van der Waals surface area contributed by atoms with Gasteiger partial charge in [-0.1, -0.05) is 18.2 Å². The van der Waals surface area contributed by atoms with Crippen LogP contribution in [0.15, 0.2) is 40.2 Å². The van der Waals surface area contributed by atoms with E-state index in [0.29, 0.717) is 5.88 Å². The number of hydrogen-bond acceptors (Lipinski definition) is 2. The van der Waals surface area contributed by atoms with Crippen molar-refractivity contribution in [2.24, 2.45) is 0 Å². The van der Waals surface area contributed by atoms with Gasteiger partial charge in [-0.25, -0.2) is 0 Å². The van der Waals surface area contributed by atoms with Crippen molar-refractivity contribution >= 4 is 44.6 Å². The number of halogens is 2. The molecule has 4 heteroatoms. The lowest BCUT2D eigenvalue weighted by molar-refractivity contribution is 1.17. The number of nitrogens with one attached hydrogen (secondary N) is 1. The Morgan fingerprint density at radius 2 is 2.00 bits per heavy atom. The van der Waals surface area contributed by atoms with Crippen molar-refractivity contribution in [1.82, 2.24) is 0 Å². The second-order valence-electron chi connectivity index (χ2n) is 3.35. The monoisotopic (exact) mass is 315 g/mol. The predicted octanol–water partition coefficient (Wildman–Crippen LogP) is 4.86. The molecule has 1 aromatic carbocycles. The van der Waals surface area contributed by atoms with E-state index in [1.54, 1.807) is 11.3 Å². The van der Waals surface area contributed by atoms with Gasteiger partial charge >= 0.3 is 0 Å². The van der Waals surface area contributed by atoms with E-state index in [0.717, 1.165) is 21.6 Å². The van der Waals surface area contributed by atoms with Gasteiger partial charge in [0.05, 0.1) is 3.79 Å². The summed E-state index contributed by atoms with van der Waals surface area (Å²) in [5.41, 5.74) is 2.25. The Morgan fingerprint density at radius 1 is 1.19 bits per heavy atom. The number of rotatable bonds is 4. The van der Waals surface area contributed by atoms with E-state index in [-0.39, 0.29) is 0 Å². The molecule has 0 aliphatic heterocycles. The number of benzene rings is 1. The Morgan fingerprint density at radius 3 is 2.69 bits per heavy atom. The van der Waals surface area contributed by atoms with E-state index < -0.39 is 0 Å². The van der Waals surface area contributed by atoms with Gasteiger partial charge in [0.2, 0.25) is 0 Å². The van der Waals surface area contributed by atoms with Gasteiger partial charge in [-0.15, -0.1) is 22.9 Å². The first-order chi connectivity index (χ1) is 7.79. The third kappa shape index (κ3) is 3.00. The lowest BCUT2D eigenvalue weighted by Crippen LogP contribution is -1.99. The van der Waals surface area contributed by atoms with Crippen LogP contribution in [-0.2, 0) is 12.4 Å². The molecule has 0 unspecified atom stereocenters. The third-order valence-corrected chi connectivity index (χ3v) is 4.15. The minimum Gasteiger partial charge on any atom is -0.380 e. The number of alkyl halides is 1. The van der Waals surface area contributed by atoms with Crippen LogP contribution >= 0.6 is 38.9 Å². The Balaban J connectivity index is 2.04. The molecular weight excluding hydrogens is 306 g/mol. The van der Waals surface area contributed by atoms with Gasteiger partial charge in [0.25, 0.3) is 0 Å². The minimum absolute atomic E-state index is 0.539. The molecule has 0 radical (unpaired) electrons. The second-order valence-corrected chi connectivity index (χ2v) is 6.16. The molecule has 0 spiro atoms. The molecule has 0 bridgehead atoms. The normalized spacial score (nSPS) is 10.4. The van der Waals surface area contributed by atoms with E-state index in [1.165, 1.54) is 4.88 Å². The largest absolute Gasteiger partial charge is 0.380 e. The van der Waals surface area contributed by atoms with Gasteiger partial charge in [0.1, 0.15) is 0 Å². The van der Waals surface area contributed by atoms with Crippen LogP contribution in [0.5, 0.6) is 0 Å². The number of thiophene rings is 1. The molecule has 0 aliphatic rings. The molecule has 1 nitrogen and oxygen atoms in total. The minimum atomic E-state index is 0.539. The summed E-state index contributed by atoms with van der Waals surface area (Å²) >= 11 is 11.1. The van der Waals surface area contributed by atoms with Crippen LogP contribution in [0.2, 0.25) is 0 Å². The Hall–Kier alpha value is -0.510. The first-order valence-electron chi connectivity index (χ1n) is 4.91. The van der Waals surface area contributed by atoms with Crippen molar-refractivity contribution in [2.75, 3.05) is 5.32 Å². The molecule has 16 heavy (non-hydrogen) atoms. The molecule has 1 N–H and O–H groups in total. The molecular formula is C12H11BrClNS. The molecule has 84 valence electrons. The van der Waals surface area contributed by atoms with Crippen molar-refractivity contribution in [3.05, 3.63) is 50.6 Å². The first kappa shape index (κ1) is 12.0. The summed E-state index contributed by atoms with van der Waals surface area (Å²) in [6.45, 7) is 0.837. The van der Waals surface area contributed by atoms with E-state index >= 15 is 0 Å². The maximum absolute atomic E-state index is 5.87. The summed E-state index contributed by atoms with van der Waals surface area (Å²) in [5.74, 6) is 0.539. The molecule has 1 heterocycles. The maximum atomic E-state index is 5.87. The second kappa shape index (κ2) is 5.71. The Bertz CT molecular complexity index is 470. The highest BCUT2D eigenvalue weighted by molar-refractivity contribution is 9.11. The van der Waals surface area contributed by atoms with Crippen LogP contribution in [0.3, 0.4) is 0 Å². The fourth-order valence-corrected chi connectivity index (χ4v) is 3.09. The van der Waals surface area contributed by atoms with Gasteiger partial charge < -0.3 is 5.32 Å². The van der Waals surface area contributed by atoms with Crippen LogP contribution < -0.4 is 5.32 Å². The summed E-state index contributed by atoms with van der Waals surface area (Å²) in [5, 5.41) is 3.40. The number of hydrogen-bond donors (Lipinski definition) is 1. The summed E-state index contributed by atoms with van der Waals surface area (Å²) in [4.78, 5) is 1.30. The molecule has 0 aliphatic carbocycles. The van der Waals surface area contributed by atoms with Gasteiger partial charge in [-0.2, -0.15) is 0 Å². The third-order valence-electron chi connectivity index (χ3n) is 2.24. The molecule has 1 aromatic heterocycles. The Labute approximate surface area is 113 Å². The van der Waals surface area contributed by atoms with Crippen molar-refractivity contribution in [3.63, 3.8) is 0 Å². The summed E-state index contributed by atoms with van der Waals surface area (Å²) in [7, 11) is 0. The zero-order valence-electron chi connectivity index (χ0n) is 8.54. The highest BCUT2D eigenvalue weighted by atomic mass is 79.9. The summed E-state index contributed by atoms with van der Waals surface area (Å²) < 4.78 is 1.16. The Kier molecular flexibility index (Phi) is 4.27. The molecule has 0 fully saturated rings. The molecule has 0 atom stereocenters. The highest BCUT2D eigenvalue weighted by Gasteiger charge is 2.01. The fraction of sp³-hybridized carbons (Fsp3) is 0.167. The molecule has 0 amide bonds. The number of para-hydroxylation sites is 1. The predicted molar refractivity (Wildman–Crippen MR) is 75.3 cm³/mol. The van der Waals surface area contributed by atoms with Gasteiger partial charge in [0.15, 0.2) is 0 Å². The fourth-order valence-electron chi connectivity index (χ4n) is 1.44. The topological polar surface area (TPSA) is 12.0 Å². The quantitative estimate of drug-likeness (QED) is 0.794. The summed E-state index contributed by atoms with van der Waals surface area (Å²) in [6.07, 6.45) is 0. The average molecular weight is 317 g/mol. The van der Waals surface area contributed by atoms with Crippen molar-refractivity contribution in [2.45, 2.75) is 12.4 Å². The van der Waals surface area contributed by atoms with Crippen molar-refractivity contribution < 1.29 is 0 Å². The highest BCUT2D eigenvalue weighted by Crippen LogP contribution is 2.24. The zero-order chi connectivity index (χ0) is 11.4. The summed E-state index contributed by atoms with van der Waals surface area (Å²) in [6, 6.07) is 12.3. The average Bonchev–Trinajstić information content (AvgIpc) is 2.73. The van der Waals surface area contributed by atoms with Crippen LogP contribution in [0, 0.1) is 0 Å². The lowest BCUT2D eigenvalue weighted by Gasteiger charge is -2.08. The van der Waals surface area contributed by atoms with Crippen molar-refractivity contribution in [3.8, 4) is 0 Å². The first-order valence-corrected chi connectivity index (χ1v) is 7.06. The van der Waals surface area contributed by atoms with E-state index in [9.17, 15) is 0 Å². The molecule has 2 rings (SSSR count). The standard InChI is InChI=1S/C12H11BrClNS/c13-12-6-5-10(16-12)8-15-11-4-2-1-3-9(11)7-14/h1-6,15H,7-8H2. The molecule has 2 aromatic rings. The maximum Gasteiger partial charge on any atom is 0.0702 e. The molecule has 0 saturated carbocycles. The van der Waals surface area contributed by atoms with E-state index in [1.807, 2.05) is 18.2 Å². The van der Waals surface area contributed by atoms with Crippen LogP contribution in [0.4, 0.5) is 5.69 Å². The lowest BCUT2D eigenvalue weighted by atomic mass is 10.2. The smallest absolute Gasteiger partial charge is 0.0702 e. The van der Waals surface area contributed by atoms with Crippen molar-refractivity contribution in [1.29, 1.82) is 0 Å². The van der Waals surface area contributed by atoms with Gasteiger partial charge in [0, 0.05) is 23.0 Å². The van der Waals surface area contributed by atoms with E-state index in [2.05, 4.69) is 39.4 Å². The van der Waals surface area contributed by atoms with Crippen LogP contribution in [0.1, 0.15) is 10.4 Å².